The number of aromatic nitrogens is 1. The average molecular weight is 443 g/mol. The van der Waals surface area contributed by atoms with E-state index in [0.717, 1.165) is 18.6 Å². The summed E-state index contributed by atoms with van der Waals surface area (Å²) in [6.45, 7) is 12.8. The second kappa shape index (κ2) is 9.40. The Labute approximate surface area is 185 Å². The minimum atomic E-state index is -1.75. The molecule has 1 aliphatic rings. The van der Waals surface area contributed by atoms with Gasteiger partial charge in [0.05, 0.1) is 0 Å². The van der Waals surface area contributed by atoms with Gasteiger partial charge in [-0.2, -0.15) is 0 Å². The molecule has 0 bridgehead atoms. The molecule has 168 valence electrons. The van der Waals surface area contributed by atoms with Crippen molar-refractivity contribution in [2.24, 2.45) is 11.8 Å². The van der Waals surface area contributed by atoms with E-state index in [9.17, 15) is 9.59 Å². The number of H-pyrrole nitrogens is 1. The summed E-state index contributed by atoms with van der Waals surface area (Å²) < 4.78 is 12.0. The molecule has 0 radical (unpaired) electrons. The number of aromatic amines is 1. The minimum Gasteiger partial charge on any atom is -0.483 e. The summed E-state index contributed by atoms with van der Waals surface area (Å²) in [7, 11) is -1.75. The Morgan fingerprint density at radius 1 is 1.16 bits per heavy atom. The molecule has 1 amide bonds. The Balaban J connectivity index is 1.52. The lowest BCUT2D eigenvalue weighted by molar-refractivity contribution is 0.0940. The number of carbonyl (C=O) groups excluding carboxylic acids is 1. The molecule has 1 saturated carbocycles. The highest BCUT2D eigenvalue weighted by Crippen LogP contribution is 2.42. The summed E-state index contributed by atoms with van der Waals surface area (Å²) in [5, 5.41) is 3.15. The summed E-state index contributed by atoms with van der Waals surface area (Å²) in [5.74, 6) is 0.630. The maximum atomic E-state index is 12.7. The van der Waals surface area contributed by atoms with Gasteiger partial charge in [0.15, 0.2) is 19.8 Å². The molecule has 2 atom stereocenters. The predicted octanol–water partition coefficient (Wildman–Crippen LogP) is 4.34. The fourth-order valence-electron chi connectivity index (χ4n) is 3.12. The van der Waals surface area contributed by atoms with Crippen LogP contribution >= 0.6 is 0 Å². The molecule has 7 heteroatoms. The summed E-state index contributed by atoms with van der Waals surface area (Å²) in [6, 6.07) is 10.9. The van der Waals surface area contributed by atoms with Gasteiger partial charge < -0.3 is 19.5 Å². The number of carbonyl (C=O) groups is 1. The summed E-state index contributed by atoms with van der Waals surface area (Å²) in [6.07, 6.45) is 2.52. The van der Waals surface area contributed by atoms with E-state index >= 15 is 0 Å². The molecular formula is C24H34N2O4Si. The summed E-state index contributed by atoms with van der Waals surface area (Å²) in [4.78, 5) is 27.9. The van der Waals surface area contributed by atoms with Crippen molar-refractivity contribution in [3.63, 3.8) is 0 Å². The molecule has 1 aromatic heterocycles. The molecule has 3 rings (SSSR count). The first-order valence-corrected chi connectivity index (χ1v) is 13.8. The maximum Gasteiger partial charge on any atom is 0.271 e. The van der Waals surface area contributed by atoms with Crippen LogP contribution in [0.3, 0.4) is 0 Å². The zero-order chi connectivity index (χ0) is 22.6. The van der Waals surface area contributed by atoms with Crippen LogP contribution in [0.25, 0.3) is 0 Å². The monoisotopic (exact) mass is 442 g/mol. The topological polar surface area (TPSA) is 80.4 Å². The molecule has 31 heavy (non-hydrogen) atoms. The molecule has 0 spiro atoms. The predicted molar refractivity (Wildman–Crippen MR) is 125 cm³/mol. The van der Waals surface area contributed by atoms with E-state index in [1.807, 2.05) is 30.3 Å². The fraction of sp³-hybridized carbons (Fsp3) is 0.500. The minimum absolute atomic E-state index is 0.0532. The number of pyridine rings is 1. The molecule has 1 fully saturated rings. The van der Waals surface area contributed by atoms with Gasteiger partial charge in [-0.05, 0) is 42.0 Å². The van der Waals surface area contributed by atoms with E-state index in [2.05, 4.69) is 44.2 Å². The average Bonchev–Trinajstić information content (AvgIpc) is 3.48. The van der Waals surface area contributed by atoms with Gasteiger partial charge in [0.1, 0.15) is 6.61 Å². The highest BCUT2D eigenvalue weighted by molar-refractivity contribution is 6.74. The molecule has 0 saturated heterocycles. The van der Waals surface area contributed by atoms with Crippen molar-refractivity contribution in [3.8, 4) is 5.75 Å². The van der Waals surface area contributed by atoms with Gasteiger partial charge in [-0.15, -0.1) is 0 Å². The van der Waals surface area contributed by atoms with E-state index < -0.39 is 8.32 Å². The molecule has 1 heterocycles. The van der Waals surface area contributed by atoms with Crippen LogP contribution in [0.4, 0.5) is 0 Å². The zero-order valence-corrected chi connectivity index (χ0v) is 20.2. The van der Waals surface area contributed by atoms with Crippen LogP contribution in [0.15, 0.2) is 47.4 Å². The number of rotatable bonds is 9. The number of hydrogen-bond donors (Lipinski definition) is 2. The fourth-order valence-corrected chi connectivity index (χ4v) is 4.18. The van der Waals surface area contributed by atoms with Crippen LogP contribution in [-0.2, 0) is 11.0 Å². The molecule has 2 unspecified atom stereocenters. The third-order valence-corrected chi connectivity index (χ3v) is 10.9. The molecule has 2 N–H and O–H groups in total. The van der Waals surface area contributed by atoms with Gasteiger partial charge in [-0.1, -0.05) is 51.1 Å². The van der Waals surface area contributed by atoms with Crippen molar-refractivity contribution in [1.29, 1.82) is 0 Å². The lowest BCUT2D eigenvalue weighted by Crippen LogP contribution is -2.41. The standard InChI is InChI=1S/C24H34N2O4Si/c1-24(2,3)31(4,5)30-16-19-13-18(19)14-26-23(28)21-22(20(27)11-12-25-21)29-15-17-9-7-6-8-10-17/h6-12,18-19H,13-16H2,1-5H3,(H,25,27)(H,26,28). The van der Waals surface area contributed by atoms with Gasteiger partial charge in [-0.25, -0.2) is 0 Å². The first-order valence-electron chi connectivity index (χ1n) is 10.9. The van der Waals surface area contributed by atoms with E-state index in [0.29, 0.717) is 18.4 Å². The number of hydrogen-bond acceptors (Lipinski definition) is 4. The Kier molecular flexibility index (Phi) is 7.06. The quantitative estimate of drug-likeness (QED) is 0.566. The molecule has 2 aromatic rings. The van der Waals surface area contributed by atoms with Gasteiger partial charge in [0.25, 0.3) is 5.91 Å². The smallest absolute Gasteiger partial charge is 0.271 e. The molecule has 1 aliphatic carbocycles. The highest BCUT2D eigenvalue weighted by Gasteiger charge is 2.42. The zero-order valence-electron chi connectivity index (χ0n) is 19.2. The third kappa shape index (κ3) is 6.08. The Morgan fingerprint density at radius 3 is 2.55 bits per heavy atom. The lowest BCUT2D eigenvalue weighted by Gasteiger charge is -2.36. The second-order valence-electron chi connectivity index (χ2n) is 9.86. The second-order valence-corrected chi connectivity index (χ2v) is 14.7. The van der Waals surface area contributed by atoms with Crippen LogP contribution < -0.4 is 15.5 Å². The van der Waals surface area contributed by atoms with E-state index in [-0.39, 0.29) is 34.4 Å². The van der Waals surface area contributed by atoms with Gasteiger partial charge in [0.2, 0.25) is 5.43 Å². The first-order chi connectivity index (χ1) is 14.6. The maximum absolute atomic E-state index is 12.7. The highest BCUT2D eigenvalue weighted by atomic mass is 28.4. The molecule has 0 aliphatic heterocycles. The van der Waals surface area contributed by atoms with E-state index in [1.165, 1.54) is 12.3 Å². The van der Waals surface area contributed by atoms with Crippen molar-refractivity contribution < 1.29 is 14.0 Å². The van der Waals surface area contributed by atoms with Crippen molar-refractivity contribution in [1.82, 2.24) is 10.3 Å². The number of benzene rings is 1. The Morgan fingerprint density at radius 2 is 1.87 bits per heavy atom. The van der Waals surface area contributed by atoms with Gasteiger partial charge in [0, 0.05) is 25.4 Å². The molecule has 1 aromatic carbocycles. The van der Waals surface area contributed by atoms with Gasteiger partial charge in [-0.3, -0.25) is 9.59 Å². The van der Waals surface area contributed by atoms with Crippen molar-refractivity contribution in [2.75, 3.05) is 13.2 Å². The van der Waals surface area contributed by atoms with Crippen molar-refractivity contribution in [3.05, 3.63) is 64.1 Å². The largest absolute Gasteiger partial charge is 0.483 e. The number of ether oxygens (including phenoxy) is 1. The summed E-state index contributed by atoms with van der Waals surface area (Å²) >= 11 is 0. The van der Waals surface area contributed by atoms with Gasteiger partial charge >= 0.3 is 0 Å². The SMILES string of the molecule is CC(C)(C)[Si](C)(C)OCC1CC1CNC(=O)c1[nH]ccc(=O)c1OCc1ccccc1. The molecule has 6 nitrogen and oxygen atoms in total. The third-order valence-electron chi connectivity index (χ3n) is 6.42. The van der Waals surface area contributed by atoms with Crippen molar-refractivity contribution >= 4 is 14.2 Å². The Bertz CT molecular complexity index is 950. The number of amides is 1. The first kappa shape index (κ1) is 23.3. The molecular weight excluding hydrogens is 408 g/mol. The van der Waals surface area contributed by atoms with Crippen LogP contribution in [0.5, 0.6) is 5.75 Å². The van der Waals surface area contributed by atoms with Crippen LogP contribution in [-0.4, -0.2) is 32.4 Å². The van der Waals surface area contributed by atoms with E-state index in [4.69, 9.17) is 9.16 Å². The van der Waals surface area contributed by atoms with Crippen LogP contribution in [0.1, 0.15) is 43.2 Å². The van der Waals surface area contributed by atoms with E-state index in [1.54, 1.807) is 0 Å². The lowest BCUT2D eigenvalue weighted by atomic mass is 10.2. The van der Waals surface area contributed by atoms with Crippen molar-refractivity contribution in [2.45, 2.75) is 51.9 Å². The Hall–Kier alpha value is -2.38. The number of nitrogens with one attached hydrogen (secondary N) is 2. The normalized spacial score (nSPS) is 18.5. The van der Waals surface area contributed by atoms with Crippen LogP contribution in [0.2, 0.25) is 18.1 Å². The van der Waals surface area contributed by atoms with Crippen LogP contribution in [0, 0.1) is 11.8 Å². The summed E-state index contributed by atoms with van der Waals surface area (Å²) in [5.41, 5.74) is 0.782.